The molecule has 0 aliphatic carbocycles. The second kappa shape index (κ2) is 7.49. The Labute approximate surface area is 149 Å². The number of alkyl halides is 1. The molecule has 0 bridgehead atoms. The highest BCUT2D eigenvalue weighted by molar-refractivity contribution is 9.09. The highest BCUT2D eigenvalue weighted by atomic mass is 79.9. The minimum Gasteiger partial charge on any atom is -0.463 e. The van der Waals surface area contributed by atoms with E-state index in [1.165, 1.54) is 13.8 Å². The van der Waals surface area contributed by atoms with Crippen LogP contribution in [-0.2, 0) is 23.8 Å². The van der Waals surface area contributed by atoms with Crippen molar-refractivity contribution in [2.75, 3.05) is 6.61 Å². The quantitative estimate of drug-likeness (QED) is 0.546. The van der Waals surface area contributed by atoms with Gasteiger partial charge in [-0.25, -0.2) is 4.79 Å². The Hall–Kier alpha value is -1.65. The van der Waals surface area contributed by atoms with Crippen LogP contribution in [0.3, 0.4) is 0 Å². The van der Waals surface area contributed by atoms with Gasteiger partial charge in [-0.05, 0) is 0 Å². The molecule has 2 heterocycles. The molecule has 132 valence electrons. The van der Waals surface area contributed by atoms with Gasteiger partial charge in [-0.3, -0.25) is 23.9 Å². The molecular weight excluding hydrogens is 412 g/mol. The van der Waals surface area contributed by atoms with E-state index in [-0.39, 0.29) is 11.6 Å². The van der Waals surface area contributed by atoms with Gasteiger partial charge in [0.15, 0.2) is 6.23 Å². The van der Waals surface area contributed by atoms with Crippen molar-refractivity contribution >= 4 is 39.5 Å². The summed E-state index contributed by atoms with van der Waals surface area (Å²) >= 11 is 9.07. The second-order valence-electron chi connectivity index (χ2n) is 5.03. The largest absolute Gasteiger partial charge is 0.463 e. The summed E-state index contributed by atoms with van der Waals surface area (Å²) in [5.41, 5.74) is -1.47. The van der Waals surface area contributed by atoms with E-state index >= 15 is 0 Å². The minimum atomic E-state index is -0.934. The molecule has 1 fully saturated rings. The van der Waals surface area contributed by atoms with Crippen molar-refractivity contribution in [2.24, 2.45) is 0 Å². The zero-order valence-corrected chi connectivity index (χ0v) is 15.0. The van der Waals surface area contributed by atoms with Gasteiger partial charge in [-0.15, -0.1) is 0 Å². The fourth-order valence-electron chi connectivity index (χ4n) is 2.23. The number of halogens is 2. The number of carbonyl (C=O) groups is 2. The number of hydrogen-bond acceptors (Lipinski definition) is 7. The van der Waals surface area contributed by atoms with Crippen molar-refractivity contribution in [1.82, 2.24) is 9.55 Å². The molecule has 1 N–H and O–H groups in total. The van der Waals surface area contributed by atoms with Crippen LogP contribution in [0.2, 0.25) is 5.02 Å². The van der Waals surface area contributed by atoms with E-state index in [0.717, 1.165) is 10.8 Å². The number of nitrogens with zero attached hydrogens (tertiary/aromatic N) is 1. The number of esters is 2. The number of carbonyl (C=O) groups excluding carboxylic acids is 2. The predicted octanol–water partition coefficient (Wildman–Crippen LogP) is 0.346. The van der Waals surface area contributed by atoms with Crippen molar-refractivity contribution < 1.29 is 23.8 Å². The number of aromatic nitrogens is 2. The Morgan fingerprint density at radius 3 is 2.62 bits per heavy atom. The fourth-order valence-corrected chi connectivity index (χ4v) is 3.21. The predicted molar refractivity (Wildman–Crippen MR) is 85.1 cm³/mol. The molecule has 4 atom stereocenters. The summed E-state index contributed by atoms with van der Waals surface area (Å²) < 4.78 is 16.8. The van der Waals surface area contributed by atoms with Crippen molar-refractivity contribution in [2.45, 2.75) is 37.1 Å². The van der Waals surface area contributed by atoms with E-state index in [1.54, 1.807) is 0 Å². The first-order chi connectivity index (χ1) is 11.2. The maximum Gasteiger partial charge on any atom is 0.330 e. The third-order valence-electron chi connectivity index (χ3n) is 3.22. The summed E-state index contributed by atoms with van der Waals surface area (Å²) in [5.74, 6) is -1.09. The van der Waals surface area contributed by atoms with Crippen LogP contribution in [0.25, 0.3) is 0 Å². The Balaban J connectivity index is 2.33. The number of rotatable bonds is 4. The molecule has 0 unspecified atom stereocenters. The van der Waals surface area contributed by atoms with Gasteiger partial charge in [0, 0.05) is 20.0 Å². The molecule has 0 radical (unpaired) electrons. The van der Waals surface area contributed by atoms with Gasteiger partial charge >= 0.3 is 17.6 Å². The average Bonchev–Trinajstić information content (AvgIpc) is 2.77. The zero-order chi connectivity index (χ0) is 18.0. The van der Waals surface area contributed by atoms with Crippen LogP contribution in [0.1, 0.15) is 20.1 Å². The first kappa shape index (κ1) is 18.7. The average molecular weight is 426 g/mol. The molecule has 1 aromatic rings. The monoisotopic (exact) mass is 424 g/mol. The van der Waals surface area contributed by atoms with Crippen LogP contribution in [0.15, 0.2) is 15.8 Å². The van der Waals surface area contributed by atoms with Gasteiger partial charge in [0.1, 0.15) is 23.8 Å². The zero-order valence-electron chi connectivity index (χ0n) is 12.7. The molecule has 0 spiro atoms. The van der Waals surface area contributed by atoms with Crippen molar-refractivity contribution in [1.29, 1.82) is 0 Å². The first-order valence-electron chi connectivity index (χ1n) is 6.81. The number of hydrogen-bond donors (Lipinski definition) is 1. The lowest BCUT2D eigenvalue weighted by atomic mass is 10.2. The van der Waals surface area contributed by atoms with E-state index in [2.05, 4.69) is 20.9 Å². The summed E-state index contributed by atoms with van der Waals surface area (Å²) in [7, 11) is 0. The molecule has 2 rings (SSSR count). The molecule has 9 nitrogen and oxygen atoms in total. The number of H-pyrrole nitrogens is 1. The van der Waals surface area contributed by atoms with Crippen molar-refractivity contribution in [3.8, 4) is 0 Å². The minimum absolute atomic E-state index is 0.169. The van der Waals surface area contributed by atoms with E-state index in [1.807, 2.05) is 0 Å². The summed E-state index contributed by atoms with van der Waals surface area (Å²) in [6.07, 6.45) is -1.42. The molecule has 1 saturated heterocycles. The third kappa shape index (κ3) is 4.05. The fraction of sp³-hybridized carbons (Fsp3) is 0.538. The van der Waals surface area contributed by atoms with Gasteiger partial charge in [0.25, 0.3) is 5.56 Å². The SMILES string of the molecule is CC(=O)OC[C@H]1O[C@@H](n2cc(Cl)c(=O)[nH]c2=O)[C@@H](Br)[C@@H]1OC(C)=O. The highest BCUT2D eigenvalue weighted by Crippen LogP contribution is 2.36. The first-order valence-corrected chi connectivity index (χ1v) is 8.11. The lowest BCUT2D eigenvalue weighted by molar-refractivity contribution is -0.155. The van der Waals surface area contributed by atoms with Gasteiger partial charge in [0.2, 0.25) is 0 Å². The molecular formula is C13H14BrClN2O7. The van der Waals surface area contributed by atoms with Crippen molar-refractivity contribution in [3.63, 3.8) is 0 Å². The van der Waals surface area contributed by atoms with E-state index in [9.17, 15) is 19.2 Å². The molecule has 1 aliphatic heterocycles. The lowest BCUT2D eigenvalue weighted by Crippen LogP contribution is -2.37. The summed E-state index contributed by atoms with van der Waals surface area (Å²) in [4.78, 5) is 47.0. The Kier molecular flexibility index (Phi) is 5.83. The van der Waals surface area contributed by atoms with Gasteiger partial charge in [0.05, 0.1) is 4.83 Å². The Morgan fingerprint density at radius 1 is 1.38 bits per heavy atom. The molecule has 11 heteroatoms. The molecule has 24 heavy (non-hydrogen) atoms. The highest BCUT2D eigenvalue weighted by Gasteiger charge is 2.47. The van der Waals surface area contributed by atoms with E-state index in [0.29, 0.717) is 0 Å². The van der Waals surface area contributed by atoms with Crippen molar-refractivity contribution in [3.05, 3.63) is 32.1 Å². The summed E-state index contributed by atoms with van der Waals surface area (Å²) in [5, 5.41) is -0.203. The van der Waals surface area contributed by atoms with E-state index < -0.39 is 46.5 Å². The van der Waals surface area contributed by atoms with Crippen LogP contribution in [0, 0.1) is 0 Å². The van der Waals surface area contributed by atoms with Gasteiger partial charge in [-0.1, -0.05) is 27.5 Å². The van der Waals surface area contributed by atoms with Gasteiger partial charge < -0.3 is 14.2 Å². The molecule has 0 amide bonds. The van der Waals surface area contributed by atoms with Gasteiger partial charge in [-0.2, -0.15) is 0 Å². The maximum absolute atomic E-state index is 12.0. The number of aromatic amines is 1. The molecule has 1 aromatic heterocycles. The van der Waals surface area contributed by atoms with Crippen LogP contribution in [0.5, 0.6) is 0 Å². The van der Waals surface area contributed by atoms with Crippen LogP contribution in [0.4, 0.5) is 0 Å². The molecule has 0 saturated carbocycles. The number of nitrogens with one attached hydrogen (secondary N) is 1. The standard InChI is InChI=1S/C13H14BrClN2O7/c1-5(18)22-4-8-10(23-6(2)19)9(14)12(24-8)17-3-7(15)11(20)16-13(17)21/h3,8-10,12H,4H2,1-2H3,(H,16,20,21)/t8-,9+,10-,12-/m1/s1. The normalized spacial score (nSPS) is 26.2. The molecule has 1 aliphatic rings. The van der Waals surface area contributed by atoms with E-state index in [4.69, 9.17) is 25.8 Å². The van der Waals surface area contributed by atoms with Crippen LogP contribution >= 0.6 is 27.5 Å². The topological polar surface area (TPSA) is 117 Å². The second-order valence-corrected chi connectivity index (χ2v) is 6.49. The molecule has 0 aromatic carbocycles. The maximum atomic E-state index is 12.0. The lowest BCUT2D eigenvalue weighted by Gasteiger charge is -2.19. The summed E-state index contributed by atoms with van der Waals surface area (Å²) in [6, 6.07) is 0. The Bertz CT molecular complexity index is 761. The van der Waals surface area contributed by atoms with Crippen LogP contribution in [-0.4, -0.2) is 45.1 Å². The Morgan fingerprint density at radius 2 is 2.04 bits per heavy atom. The number of ether oxygens (including phenoxy) is 3. The third-order valence-corrected chi connectivity index (χ3v) is 4.46. The van der Waals surface area contributed by atoms with Crippen LogP contribution < -0.4 is 11.2 Å². The summed E-state index contributed by atoms with van der Waals surface area (Å²) in [6.45, 7) is 2.28. The smallest absolute Gasteiger partial charge is 0.330 e.